The Morgan fingerprint density at radius 2 is 1.92 bits per heavy atom. The van der Waals surface area contributed by atoms with Crippen molar-refractivity contribution in [1.29, 1.82) is 0 Å². The fourth-order valence-corrected chi connectivity index (χ4v) is 2.51. The van der Waals surface area contributed by atoms with E-state index >= 15 is 0 Å². The Kier molecular flexibility index (Phi) is 5.28. The van der Waals surface area contributed by atoms with Crippen LogP contribution in [0.3, 0.4) is 0 Å². The number of nitrogens with zero attached hydrogens (tertiary/aromatic N) is 2. The molecule has 0 amide bonds. The second kappa shape index (κ2) is 7.79. The van der Waals surface area contributed by atoms with Crippen LogP contribution >= 0.6 is 12.2 Å². The fraction of sp³-hybridized carbons (Fsp3) is 0.176. The average molecular weight is 372 g/mol. The molecule has 0 unspecified atom stereocenters. The number of hydrazone groups is 1. The minimum Gasteiger partial charge on any atom is -0.486 e. The maximum absolute atomic E-state index is 11.0. The Labute approximate surface area is 155 Å². The number of fused-ring (bicyclic) bond motifs is 1. The molecule has 2 N–H and O–H groups in total. The number of nitro benzene ring substituents is 1. The Hall–Kier alpha value is -3.20. The first-order valence-electron chi connectivity index (χ1n) is 7.79. The van der Waals surface area contributed by atoms with E-state index in [9.17, 15) is 10.1 Å². The van der Waals surface area contributed by atoms with Crippen molar-refractivity contribution in [1.82, 2.24) is 5.43 Å². The van der Waals surface area contributed by atoms with Crippen molar-refractivity contribution in [3.05, 3.63) is 58.1 Å². The van der Waals surface area contributed by atoms with Crippen molar-refractivity contribution in [3.63, 3.8) is 0 Å². The molecule has 26 heavy (non-hydrogen) atoms. The van der Waals surface area contributed by atoms with Gasteiger partial charge in [0.2, 0.25) is 0 Å². The first-order valence-corrected chi connectivity index (χ1v) is 8.20. The van der Waals surface area contributed by atoms with Gasteiger partial charge in [0.15, 0.2) is 16.6 Å². The third-order valence-electron chi connectivity index (χ3n) is 3.63. The number of hydrogen-bond donors (Lipinski definition) is 2. The summed E-state index contributed by atoms with van der Waals surface area (Å²) >= 11 is 5.15. The lowest BCUT2D eigenvalue weighted by atomic mass is 10.1. The van der Waals surface area contributed by atoms with E-state index in [1.54, 1.807) is 18.2 Å². The Bertz CT molecular complexity index is 885. The van der Waals surface area contributed by atoms with Gasteiger partial charge < -0.3 is 14.8 Å². The van der Waals surface area contributed by atoms with Gasteiger partial charge in [-0.25, -0.2) is 0 Å². The summed E-state index contributed by atoms with van der Waals surface area (Å²) in [7, 11) is 0. The number of rotatable bonds is 4. The highest BCUT2D eigenvalue weighted by atomic mass is 32.1. The third-order valence-corrected chi connectivity index (χ3v) is 3.83. The molecule has 0 atom stereocenters. The zero-order valence-corrected chi connectivity index (χ0v) is 14.7. The summed E-state index contributed by atoms with van der Waals surface area (Å²) < 4.78 is 11.0. The number of anilines is 1. The van der Waals surface area contributed by atoms with Gasteiger partial charge in [0, 0.05) is 11.6 Å². The SMILES string of the molecule is C/C(=N/NC(=S)Nc1ccccc1[N+](=O)[O-])c1ccc2c(c1)OCCO2. The van der Waals surface area contributed by atoms with E-state index in [1.165, 1.54) is 6.07 Å². The number of nitro groups is 1. The van der Waals surface area contributed by atoms with Crippen molar-refractivity contribution in [2.24, 2.45) is 5.10 Å². The molecule has 0 fully saturated rings. The topological polar surface area (TPSA) is 98.0 Å². The lowest BCUT2D eigenvalue weighted by Crippen LogP contribution is -2.25. The molecule has 0 aliphatic carbocycles. The molecule has 0 spiro atoms. The van der Waals surface area contributed by atoms with Gasteiger partial charge in [-0.15, -0.1) is 0 Å². The van der Waals surface area contributed by atoms with Crippen LogP contribution in [0, 0.1) is 10.1 Å². The Balaban J connectivity index is 1.67. The van der Waals surface area contributed by atoms with Crippen LogP contribution in [0.1, 0.15) is 12.5 Å². The second-order valence-corrected chi connectivity index (χ2v) is 5.80. The number of nitrogens with one attached hydrogen (secondary N) is 2. The summed E-state index contributed by atoms with van der Waals surface area (Å²) in [5.41, 5.74) is 4.43. The van der Waals surface area contributed by atoms with Crippen molar-refractivity contribution >= 4 is 34.4 Å². The van der Waals surface area contributed by atoms with Crippen LogP contribution in [-0.2, 0) is 0 Å². The van der Waals surface area contributed by atoms with Gasteiger partial charge in [-0.05, 0) is 43.4 Å². The highest BCUT2D eigenvalue weighted by Gasteiger charge is 2.14. The largest absolute Gasteiger partial charge is 0.486 e. The number of thiocarbonyl (C=S) groups is 1. The highest BCUT2D eigenvalue weighted by molar-refractivity contribution is 7.80. The monoisotopic (exact) mass is 372 g/mol. The van der Waals surface area contributed by atoms with E-state index in [0.717, 1.165) is 5.56 Å². The van der Waals surface area contributed by atoms with Crippen LogP contribution in [0.15, 0.2) is 47.6 Å². The molecule has 0 bridgehead atoms. The summed E-state index contributed by atoms with van der Waals surface area (Å²) in [6, 6.07) is 11.8. The van der Waals surface area contributed by atoms with Gasteiger partial charge in [0.1, 0.15) is 18.9 Å². The molecule has 2 aromatic rings. The van der Waals surface area contributed by atoms with Crippen molar-refractivity contribution in [3.8, 4) is 11.5 Å². The molecule has 1 heterocycles. The van der Waals surface area contributed by atoms with E-state index in [2.05, 4.69) is 15.8 Å². The van der Waals surface area contributed by atoms with Gasteiger partial charge in [-0.2, -0.15) is 5.10 Å². The molecule has 134 valence electrons. The first kappa shape index (κ1) is 17.6. The van der Waals surface area contributed by atoms with Gasteiger partial charge in [0.25, 0.3) is 5.69 Å². The van der Waals surface area contributed by atoms with Gasteiger partial charge in [0.05, 0.1) is 10.6 Å². The summed E-state index contributed by atoms with van der Waals surface area (Å²) in [4.78, 5) is 10.5. The zero-order chi connectivity index (χ0) is 18.5. The third kappa shape index (κ3) is 4.06. The summed E-state index contributed by atoms with van der Waals surface area (Å²) in [6.07, 6.45) is 0. The average Bonchev–Trinajstić information content (AvgIpc) is 2.66. The van der Waals surface area contributed by atoms with Crippen LogP contribution in [0.2, 0.25) is 0 Å². The molecule has 3 rings (SSSR count). The van der Waals surface area contributed by atoms with Crippen molar-refractivity contribution in [2.75, 3.05) is 18.5 Å². The Morgan fingerprint density at radius 3 is 2.69 bits per heavy atom. The number of benzene rings is 2. The van der Waals surface area contributed by atoms with Crippen LogP contribution < -0.4 is 20.2 Å². The molecule has 8 nitrogen and oxygen atoms in total. The van der Waals surface area contributed by atoms with Crippen molar-refractivity contribution in [2.45, 2.75) is 6.92 Å². The van der Waals surface area contributed by atoms with E-state index < -0.39 is 4.92 Å². The lowest BCUT2D eigenvalue weighted by molar-refractivity contribution is -0.383. The highest BCUT2D eigenvalue weighted by Crippen LogP contribution is 2.30. The quantitative estimate of drug-likeness (QED) is 0.368. The summed E-state index contributed by atoms with van der Waals surface area (Å²) in [5, 5.41) is 18.2. The van der Waals surface area contributed by atoms with Crippen LogP contribution in [0.4, 0.5) is 11.4 Å². The van der Waals surface area contributed by atoms with E-state index in [-0.39, 0.29) is 10.8 Å². The number of ether oxygens (including phenoxy) is 2. The van der Waals surface area contributed by atoms with Gasteiger partial charge in [-0.3, -0.25) is 15.5 Å². The first-order chi connectivity index (χ1) is 12.5. The normalized spacial score (nSPS) is 13.0. The summed E-state index contributed by atoms with van der Waals surface area (Å²) in [5.74, 6) is 1.37. The smallest absolute Gasteiger partial charge is 0.292 e. The molecule has 2 aromatic carbocycles. The van der Waals surface area contributed by atoms with Crippen LogP contribution in [-0.4, -0.2) is 29.0 Å². The molecule has 0 saturated heterocycles. The Morgan fingerprint density at radius 1 is 1.19 bits per heavy atom. The molecular weight excluding hydrogens is 356 g/mol. The minimum atomic E-state index is -0.478. The number of para-hydroxylation sites is 2. The molecule has 0 radical (unpaired) electrons. The minimum absolute atomic E-state index is 0.0656. The summed E-state index contributed by atoms with van der Waals surface area (Å²) in [6.45, 7) is 2.85. The zero-order valence-electron chi connectivity index (χ0n) is 13.9. The van der Waals surface area contributed by atoms with E-state index in [4.69, 9.17) is 21.7 Å². The van der Waals surface area contributed by atoms with E-state index in [0.29, 0.717) is 36.1 Å². The fourth-order valence-electron chi connectivity index (χ4n) is 2.36. The molecule has 0 aromatic heterocycles. The maximum atomic E-state index is 11.0. The van der Waals surface area contributed by atoms with Gasteiger partial charge in [-0.1, -0.05) is 12.1 Å². The molecule has 9 heteroatoms. The standard InChI is InChI=1S/C17H16N4O4S/c1-11(12-6-7-15-16(10-12)25-9-8-24-15)19-20-17(26)18-13-4-2-3-5-14(13)21(22)23/h2-7,10H,8-9H2,1H3,(H2,18,20,26)/b19-11-. The second-order valence-electron chi connectivity index (χ2n) is 5.40. The lowest BCUT2D eigenvalue weighted by Gasteiger charge is -2.18. The van der Waals surface area contributed by atoms with Crippen LogP contribution in [0.5, 0.6) is 11.5 Å². The predicted octanol–water partition coefficient (Wildman–Crippen LogP) is 3.08. The van der Waals surface area contributed by atoms with Crippen LogP contribution in [0.25, 0.3) is 0 Å². The van der Waals surface area contributed by atoms with E-state index in [1.807, 2.05) is 25.1 Å². The molecule has 0 saturated carbocycles. The van der Waals surface area contributed by atoms with Crippen molar-refractivity contribution < 1.29 is 14.4 Å². The number of hydrogen-bond acceptors (Lipinski definition) is 6. The van der Waals surface area contributed by atoms with Gasteiger partial charge >= 0.3 is 0 Å². The molecular formula is C17H16N4O4S. The predicted molar refractivity (Wildman–Crippen MR) is 102 cm³/mol. The molecule has 1 aliphatic heterocycles. The molecule has 1 aliphatic rings. The maximum Gasteiger partial charge on any atom is 0.292 e.